The Balaban J connectivity index is 2.44. The molecule has 98 valence electrons. The van der Waals surface area contributed by atoms with Gasteiger partial charge in [-0.1, -0.05) is 0 Å². The molecule has 0 saturated carbocycles. The molecule has 4 heteroatoms. The average molecular weight is 256 g/mol. The first-order chi connectivity index (χ1) is 7.96. The van der Waals surface area contributed by atoms with Crippen LogP contribution >= 0.6 is 11.3 Å². The highest BCUT2D eigenvalue weighted by Crippen LogP contribution is 2.18. The molecule has 1 rings (SSSR count). The fourth-order valence-corrected chi connectivity index (χ4v) is 2.35. The highest BCUT2D eigenvalue weighted by Gasteiger charge is 2.19. The number of rotatable bonds is 7. The highest BCUT2D eigenvalue weighted by atomic mass is 32.1. The van der Waals surface area contributed by atoms with Gasteiger partial charge in [0.05, 0.1) is 16.3 Å². The first kappa shape index (κ1) is 14.6. The highest BCUT2D eigenvalue weighted by molar-refractivity contribution is 7.09. The largest absolute Gasteiger partial charge is 0.379 e. The van der Waals surface area contributed by atoms with Crippen LogP contribution in [0.25, 0.3) is 0 Å². The second kappa shape index (κ2) is 6.47. The van der Waals surface area contributed by atoms with Crippen LogP contribution in [0.3, 0.4) is 0 Å². The third-order valence-corrected chi connectivity index (χ3v) is 4.00. The summed E-state index contributed by atoms with van der Waals surface area (Å²) in [6.07, 6.45) is 3.16. The molecule has 1 unspecified atom stereocenters. The molecule has 0 spiro atoms. The maximum Gasteiger partial charge on any atom is 0.0897 e. The molecule has 0 radical (unpaired) electrons. The van der Waals surface area contributed by atoms with Crippen LogP contribution in [0.4, 0.5) is 0 Å². The van der Waals surface area contributed by atoms with Crippen molar-refractivity contribution in [1.82, 2.24) is 10.3 Å². The third kappa shape index (κ3) is 5.15. The zero-order chi connectivity index (χ0) is 12.9. The summed E-state index contributed by atoms with van der Waals surface area (Å²) in [5, 5.41) is 6.66. The Morgan fingerprint density at radius 2 is 2.24 bits per heavy atom. The van der Waals surface area contributed by atoms with Gasteiger partial charge in [-0.25, -0.2) is 4.98 Å². The van der Waals surface area contributed by atoms with Crippen molar-refractivity contribution in [3.05, 3.63) is 16.1 Å². The smallest absolute Gasteiger partial charge is 0.0897 e. The van der Waals surface area contributed by atoms with E-state index in [2.05, 4.69) is 36.5 Å². The fourth-order valence-electron chi connectivity index (χ4n) is 1.73. The number of ether oxygens (including phenoxy) is 1. The molecule has 3 nitrogen and oxygen atoms in total. The van der Waals surface area contributed by atoms with Gasteiger partial charge in [0.1, 0.15) is 0 Å². The Hall–Kier alpha value is -0.450. The van der Waals surface area contributed by atoms with E-state index < -0.39 is 0 Å². The first-order valence-corrected chi connectivity index (χ1v) is 6.98. The van der Waals surface area contributed by atoms with Crippen molar-refractivity contribution in [2.75, 3.05) is 14.2 Å². The Kier molecular flexibility index (Phi) is 5.56. The number of nitrogens with zero attached hydrogens (tertiary/aromatic N) is 1. The van der Waals surface area contributed by atoms with Crippen LogP contribution in [-0.4, -0.2) is 30.8 Å². The number of nitrogens with one attached hydrogen (secondary N) is 1. The van der Waals surface area contributed by atoms with E-state index in [0.29, 0.717) is 6.04 Å². The van der Waals surface area contributed by atoms with Crippen LogP contribution in [0.15, 0.2) is 5.38 Å². The molecule has 0 aromatic carbocycles. The van der Waals surface area contributed by atoms with Gasteiger partial charge in [0.15, 0.2) is 0 Å². The van der Waals surface area contributed by atoms with Crippen molar-refractivity contribution in [3.8, 4) is 0 Å². The summed E-state index contributed by atoms with van der Waals surface area (Å²) in [6.45, 7) is 6.32. The van der Waals surface area contributed by atoms with Gasteiger partial charge >= 0.3 is 0 Å². The average Bonchev–Trinajstić information content (AvgIpc) is 2.70. The molecular weight excluding hydrogens is 232 g/mol. The summed E-state index contributed by atoms with van der Waals surface area (Å²) in [5.41, 5.74) is 1.16. The van der Waals surface area contributed by atoms with Crippen molar-refractivity contribution in [2.45, 2.75) is 51.7 Å². The van der Waals surface area contributed by atoms with Gasteiger partial charge in [-0.15, -0.1) is 11.3 Å². The Morgan fingerprint density at radius 1 is 1.53 bits per heavy atom. The predicted octanol–water partition coefficient (Wildman–Crippen LogP) is 2.79. The van der Waals surface area contributed by atoms with E-state index in [1.54, 1.807) is 18.4 Å². The van der Waals surface area contributed by atoms with Crippen molar-refractivity contribution in [2.24, 2.45) is 0 Å². The summed E-state index contributed by atoms with van der Waals surface area (Å²) in [6, 6.07) is 0.478. The summed E-state index contributed by atoms with van der Waals surface area (Å²) in [7, 11) is 3.79. The maximum absolute atomic E-state index is 5.45. The second-order valence-corrected chi connectivity index (χ2v) is 6.11. The number of methoxy groups -OCH3 is 1. The summed E-state index contributed by atoms with van der Waals surface area (Å²) < 4.78 is 5.45. The van der Waals surface area contributed by atoms with Crippen LogP contribution < -0.4 is 5.32 Å². The molecule has 1 atom stereocenters. The van der Waals surface area contributed by atoms with Gasteiger partial charge in [-0.05, 0) is 40.7 Å². The predicted molar refractivity (Wildman–Crippen MR) is 73.7 cm³/mol. The number of aryl methyl sites for hydroxylation is 1. The molecule has 1 N–H and O–H groups in total. The minimum Gasteiger partial charge on any atom is -0.379 e. The van der Waals surface area contributed by atoms with E-state index in [1.165, 1.54) is 5.69 Å². The van der Waals surface area contributed by atoms with Gasteiger partial charge in [-0.2, -0.15) is 0 Å². The van der Waals surface area contributed by atoms with Crippen LogP contribution in [0.2, 0.25) is 0 Å². The van der Waals surface area contributed by atoms with Crippen molar-refractivity contribution >= 4 is 11.3 Å². The Labute approximate surface area is 109 Å². The lowest BCUT2D eigenvalue weighted by atomic mass is 9.97. The monoisotopic (exact) mass is 256 g/mol. The zero-order valence-electron chi connectivity index (χ0n) is 11.5. The molecule has 0 bridgehead atoms. The van der Waals surface area contributed by atoms with Gasteiger partial charge in [0.2, 0.25) is 0 Å². The molecule has 0 aliphatic heterocycles. The minimum atomic E-state index is -0.0346. The van der Waals surface area contributed by atoms with Gasteiger partial charge in [0.25, 0.3) is 0 Å². The van der Waals surface area contributed by atoms with Crippen molar-refractivity contribution < 1.29 is 4.74 Å². The van der Waals surface area contributed by atoms with Crippen molar-refractivity contribution in [1.29, 1.82) is 0 Å². The van der Waals surface area contributed by atoms with Gasteiger partial charge in [0, 0.05) is 25.0 Å². The van der Waals surface area contributed by atoms with E-state index in [1.807, 2.05) is 7.05 Å². The van der Waals surface area contributed by atoms with Crippen LogP contribution in [-0.2, 0) is 11.2 Å². The lowest BCUT2D eigenvalue weighted by Crippen LogP contribution is -2.32. The van der Waals surface area contributed by atoms with Crippen molar-refractivity contribution in [3.63, 3.8) is 0 Å². The first-order valence-electron chi connectivity index (χ1n) is 6.10. The number of likely N-dealkylation sites (N-methyl/N-ethyl adjacent to an activating group) is 1. The number of hydrogen-bond donors (Lipinski definition) is 1. The quantitative estimate of drug-likeness (QED) is 0.814. The standard InChI is InChI=1S/C13H24N2OS/c1-10-15-12(9-17-10)8-11(14-4)6-7-13(2,3)16-5/h9,11,14H,6-8H2,1-5H3. The third-order valence-electron chi connectivity index (χ3n) is 3.18. The van der Waals surface area contributed by atoms with Gasteiger partial charge in [-0.3, -0.25) is 0 Å². The minimum absolute atomic E-state index is 0.0346. The fraction of sp³-hybridized carbons (Fsp3) is 0.769. The molecule has 0 amide bonds. The van der Waals surface area contributed by atoms with Crippen LogP contribution in [0, 0.1) is 6.92 Å². The topological polar surface area (TPSA) is 34.1 Å². The number of aromatic nitrogens is 1. The van der Waals surface area contributed by atoms with E-state index in [4.69, 9.17) is 4.74 Å². The van der Waals surface area contributed by atoms with E-state index in [-0.39, 0.29) is 5.60 Å². The number of thiazole rings is 1. The molecule has 0 aliphatic rings. The number of hydrogen-bond acceptors (Lipinski definition) is 4. The maximum atomic E-state index is 5.45. The second-order valence-electron chi connectivity index (χ2n) is 5.05. The molecule has 0 aliphatic carbocycles. The summed E-state index contributed by atoms with van der Waals surface area (Å²) >= 11 is 1.72. The molecule has 0 fully saturated rings. The molecular formula is C13H24N2OS. The lowest BCUT2D eigenvalue weighted by molar-refractivity contribution is 0.0119. The van der Waals surface area contributed by atoms with E-state index in [0.717, 1.165) is 24.3 Å². The van der Waals surface area contributed by atoms with Crippen LogP contribution in [0.1, 0.15) is 37.4 Å². The normalized spacial score (nSPS) is 13.9. The Morgan fingerprint density at radius 3 is 2.71 bits per heavy atom. The Bertz CT molecular complexity index is 336. The molecule has 1 heterocycles. The molecule has 0 saturated heterocycles. The SMILES string of the molecule is CNC(CCC(C)(C)OC)Cc1csc(C)n1. The molecule has 17 heavy (non-hydrogen) atoms. The molecule has 1 aromatic rings. The summed E-state index contributed by atoms with van der Waals surface area (Å²) in [5.74, 6) is 0. The molecule has 1 aromatic heterocycles. The summed E-state index contributed by atoms with van der Waals surface area (Å²) in [4.78, 5) is 4.51. The van der Waals surface area contributed by atoms with Crippen LogP contribution in [0.5, 0.6) is 0 Å². The van der Waals surface area contributed by atoms with Gasteiger partial charge < -0.3 is 10.1 Å². The zero-order valence-corrected chi connectivity index (χ0v) is 12.4. The lowest BCUT2D eigenvalue weighted by Gasteiger charge is -2.25. The van der Waals surface area contributed by atoms with E-state index in [9.17, 15) is 0 Å². The van der Waals surface area contributed by atoms with E-state index >= 15 is 0 Å².